The predicted molar refractivity (Wildman–Crippen MR) is 104 cm³/mol. The number of aryl methyl sites for hydroxylation is 1. The fourth-order valence-corrected chi connectivity index (χ4v) is 3.15. The average molecular weight is 380 g/mol. The van der Waals surface area contributed by atoms with Gasteiger partial charge in [0, 0.05) is 31.7 Å². The van der Waals surface area contributed by atoms with E-state index in [9.17, 15) is 4.79 Å². The summed E-state index contributed by atoms with van der Waals surface area (Å²) in [5, 5.41) is 13.2. The van der Waals surface area contributed by atoms with E-state index in [-0.39, 0.29) is 17.4 Å². The molecule has 0 unspecified atom stereocenters. The van der Waals surface area contributed by atoms with Gasteiger partial charge >= 0.3 is 0 Å². The van der Waals surface area contributed by atoms with Crippen molar-refractivity contribution in [2.75, 3.05) is 25.0 Å². The zero-order valence-electron chi connectivity index (χ0n) is 16.8. The van der Waals surface area contributed by atoms with Crippen molar-refractivity contribution in [3.05, 3.63) is 41.7 Å². The van der Waals surface area contributed by atoms with E-state index in [1.54, 1.807) is 22.7 Å². The maximum atomic E-state index is 12.6. The molecule has 0 spiro atoms. The van der Waals surface area contributed by atoms with Gasteiger partial charge in [-0.1, -0.05) is 20.8 Å². The zero-order valence-corrected chi connectivity index (χ0v) is 16.8. The number of carbonyl (C=O) groups excluding carboxylic acids is 1. The van der Waals surface area contributed by atoms with Crippen LogP contribution in [0.2, 0.25) is 0 Å². The normalized spacial score (nSPS) is 15.0. The van der Waals surface area contributed by atoms with Crippen LogP contribution in [0.25, 0.3) is 5.65 Å². The van der Waals surface area contributed by atoms with E-state index >= 15 is 0 Å². The van der Waals surface area contributed by atoms with Crippen LogP contribution in [0.3, 0.4) is 0 Å². The van der Waals surface area contributed by atoms with Crippen LogP contribution in [-0.2, 0) is 5.41 Å². The molecule has 0 N–H and O–H groups in total. The first-order chi connectivity index (χ1) is 13.2. The van der Waals surface area contributed by atoms with Crippen molar-refractivity contribution in [1.29, 1.82) is 0 Å². The Bertz CT molecular complexity index is 1010. The highest BCUT2D eigenvalue weighted by Gasteiger charge is 2.34. The Kier molecular flexibility index (Phi) is 4.24. The molecule has 1 amide bonds. The Labute approximate surface area is 163 Å². The van der Waals surface area contributed by atoms with Crippen LogP contribution in [0, 0.1) is 6.92 Å². The third-order valence-corrected chi connectivity index (χ3v) is 4.97. The van der Waals surface area contributed by atoms with Crippen molar-refractivity contribution in [3.63, 3.8) is 0 Å². The lowest BCUT2D eigenvalue weighted by Gasteiger charge is -2.44. The highest BCUT2D eigenvalue weighted by atomic mass is 16.2. The van der Waals surface area contributed by atoms with E-state index in [0.717, 1.165) is 23.0 Å². The number of rotatable bonds is 3. The molecular formula is C19H24N8O. The molecule has 9 nitrogen and oxygen atoms in total. The second-order valence-electron chi connectivity index (χ2n) is 8.25. The summed E-state index contributed by atoms with van der Waals surface area (Å²) in [7, 11) is 1.81. The first-order valence-corrected chi connectivity index (χ1v) is 9.28. The van der Waals surface area contributed by atoms with E-state index in [1.807, 2.05) is 19.1 Å². The second kappa shape index (κ2) is 6.50. The quantitative estimate of drug-likeness (QED) is 0.679. The summed E-state index contributed by atoms with van der Waals surface area (Å²) in [4.78, 5) is 24.8. The van der Waals surface area contributed by atoms with Crippen LogP contribution in [0.5, 0.6) is 0 Å². The SMILES string of the molecule is Cc1cnc(C(=O)N(C)C2CN(c3ccc4nnc(C(C)(C)C)n4n3)C2)cn1. The van der Waals surface area contributed by atoms with E-state index in [1.165, 1.54) is 6.20 Å². The van der Waals surface area contributed by atoms with E-state index < -0.39 is 0 Å². The Balaban J connectivity index is 1.47. The van der Waals surface area contributed by atoms with Crippen molar-refractivity contribution in [2.24, 2.45) is 0 Å². The number of hydrogen-bond donors (Lipinski definition) is 0. The Morgan fingerprint density at radius 3 is 2.54 bits per heavy atom. The largest absolute Gasteiger partial charge is 0.351 e. The van der Waals surface area contributed by atoms with Crippen molar-refractivity contribution in [2.45, 2.75) is 39.2 Å². The average Bonchev–Trinajstić information content (AvgIpc) is 3.04. The highest BCUT2D eigenvalue weighted by Crippen LogP contribution is 2.25. The van der Waals surface area contributed by atoms with Crippen LogP contribution in [0.4, 0.5) is 5.82 Å². The van der Waals surface area contributed by atoms with Gasteiger partial charge in [0.1, 0.15) is 11.5 Å². The third kappa shape index (κ3) is 3.17. The first-order valence-electron chi connectivity index (χ1n) is 9.28. The Hall–Kier alpha value is -3.10. The topological polar surface area (TPSA) is 92.4 Å². The molecular weight excluding hydrogens is 356 g/mol. The first kappa shape index (κ1) is 18.3. The smallest absolute Gasteiger partial charge is 0.274 e. The summed E-state index contributed by atoms with van der Waals surface area (Å²) in [6.07, 6.45) is 3.14. The molecule has 3 aromatic rings. The monoisotopic (exact) mass is 380 g/mol. The van der Waals surface area contributed by atoms with Gasteiger partial charge in [-0.05, 0) is 19.1 Å². The summed E-state index contributed by atoms with van der Waals surface area (Å²) in [5.74, 6) is 1.56. The van der Waals surface area contributed by atoms with Crippen LogP contribution in [0.1, 0.15) is 42.8 Å². The van der Waals surface area contributed by atoms with E-state index in [4.69, 9.17) is 5.10 Å². The molecule has 0 aliphatic carbocycles. The predicted octanol–water partition coefficient (Wildman–Crippen LogP) is 1.48. The highest BCUT2D eigenvalue weighted by molar-refractivity contribution is 5.92. The molecule has 1 fully saturated rings. The van der Waals surface area contributed by atoms with Crippen LogP contribution in [0.15, 0.2) is 24.5 Å². The number of nitrogens with zero attached hydrogens (tertiary/aromatic N) is 8. The van der Waals surface area contributed by atoms with Crippen molar-refractivity contribution in [3.8, 4) is 0 Å². The van der Waals surface area contributed by atoms with Gasteiger partial charge in [0.25, 0.3) is 5.91 Å². The van der Waals surface area contributed by atoms with Gasteiger partial charge in [0.15, 0.2) is 11.5 Å². The van der Waals surface area contributed by atoms with Gasteiger partial charge in [0.2, 0.25) is 0 Å². The van der Waals surface area contributed by atoms with Gasteiger partial charge in [-0.25, -0.2) is 4.98 Å². The molecule has 146 valence electrons. The molecule has 0 bridgehead atoms. The molecule has 1 aliphatic heterocycles. The number of carbonyl (C=O) groups is 1. The van der Waals surface area contributed by atoms with Gasteiger partial charge in [0.05, 0.1) is 17.9 Å². The maximum absolute atomic E-state index is 12.6. The molecule has 4 rings (SSSR count). The molecule has 0 aromatic carbocycles. The van der Waals surface area contributed by atoms with E-state index in [2.05, 4.69) is 45.8 Å². The van der Waals surface area contributed by atoms with Crippen molar-refractivity contribution < 1.29 is 4.79 Å². The lowest BCUT2D eigenvalue weighted by atomic mass is 9.96. The van der Waals surface area contributed by atoms with E-state index in [0.29, 0.717) is 18.8 Å². The molecule has 0 radical (unpaired) electrons. The lowest BCUT2D eigenvalue weighted by molar-refractivity contribution is 0.0698. The second-order valence-corrected chi connectivity index (χ2v) is 8.25. The zero-order chi connectivity index (χ0) is 20.1. The third-order valence-electron chi connectivity index (χ3n) is 4.97. The molecule has 1 saturated heterocycles. The van der Waals surface area contributed by atoms with Gasteiger partial charge < -0.3 is 9.80 Å². The summed E-state index contributed by atoms with van der Waals surface area (Å²) in [6.45, 7) is 9.55. The minimum Gasteiger partial charge on any atom is -0.351 e. The summed E-state index contributed by atoms with van der Waals surface area (Å²) in [6, 6.07) is 3.98. The van der Waals surface area contributed by atoms with Crippen molar-refractivity contribution in [1.82, 2.24) is 34.7 Å². The van der Waals surface area contributed by atoms with Crippen LogP contribution in [-0.4, -0.2) is 66.8 Å². The van der Waals surface area contributed by atoms with Crippen LogP contribution < -0.4 is 4.90 Å². The van der Waals surface area contributed by atoms with Crippen molar-refractivity contribution >= 4 is 17.4 Å². The standard InChI is InChI=1S/C19H24N8O/c1-12-8-21-14(9-20-12)17(28)25(5)13-10-26(11-13)16-7-6-15-22-23-18(19(2,3)4)27(15)24-16/h6-9,13H,10-11H2,1-5H3. The fourth-order valence-electron chi connectivity index (χ4n) is 3.15. The molecule has 0 atom stereocenters. The lowest BCUT2D eigenvalue weighted by Crippen LogP contribution is -2.60. The fraction of sp³-hybridized carbons (Fsp3) is 0.474. The minimum absolute atomic E-state index is 0.107. The number of likely N-dealkylation sites (N-methyl/N-ethyl adjacent to an activating group) is 1. The number of amides is 1. The number of fused-ring (bicyclic) bond motifs is 1. The summed E-state index contributed by atoms with van der Waals surface area (Å²) >= 11 is 0. The molecule has 3 aromatic heterocycles. The molecule has 4 heterocycles. The van der Waals surface area contributed by atoms with Gasteiger partial charge in [-0.3, -0.25) is 9.78 Å². The maximum Gasteiger partial charge on any atom is 0.274 e. The number of hydrogen-bond acceptors (Lipinski definition) is 7. The molecule has 28 heavy (non-hydrogen) atoms. The number of anilines is 1. The number of aromatic nitrogens is 6. The van der Waals surface area contributed by atoms with Crippen LogP contribution >= 0.6 is 0 Å². The molecule has 9 heteroatoms. The summed E-state index contributed by atoms with van der Waals surface area (Å²) in [5.41, 5.74) is 1.74. The van der Waals surface area contributed by atoms with Gasteiger partial charge in [-0.15, -0.1) is 15.3 Å². The molecule has 0 saturated carbocycles. The Morgan fingerprint density at radius 2 is 1.89 bits per heavy atom. The van der Waals surface area contributed by atoms with Gasteiger partial charge in [-0.2, -0.15) is 4.52 Å². The minimum atomic E-state index is -0.149. The Morgan fingerprint density at radius 1 is 1.14 bits per heavy atom. The summed E-state index contributed by atoms with van der Waals surface area (Å²) < 4.78 is 1.80. The molecule has 1 aliphatic rings.